The normalized spacial score (nSPS) is 15.2. The zero-order valence-electron chi connectivity index (χ0n) is 20.1. The molecule has 1 amide bonds. The number of para-hydroxylation sites is 3. The van der Waals surface area contributed by atoms with E-state index < -0.39 is 0 Å². The number of nitrogens with zero attached hydrogens (tertiary/aromatic N) is 3. The van der Waals surface area contributed by atoms with E-state index in [-0.39, 0.29) is 24.2 Å². The molecule has 0 bridgehead atoms. The van der Waals surface area contributed by atoms with E-state index in [4.69, 9.17) is 26.1 Å². The van der Waals surface area contributed by atoms with Crippen LogP contribution in [0.3, 0.4) is 0 Å². The summed E-state index contributed by atoms with van der Waals surface area (Å²) in [4.78, 5) is 19.7. The van der Waals surface area contributed by atoms with Crippen LogP contribution in [0.1, 0.15) is 31.0 Å². The highest BCUT2D eigenvalue weighted by Gasteiger charge is 2.35. The van der Waals surface area contributed by atoms with Crippen LogP contribution in [-0.4, -0.2) is 35.7 Å². The summed E-state index contributed by atoms with van der Waals surface area (Å²) in [6.45, 7) is 2.03. The van der Waals surface area contributed by atoms with Gasteiger partial charge < -0.3 is 18.9 Å². The molecule has 1 atom stereocenters. The van der Waals surface area contributed by atoms with Gasteiger partial charge in [0, 0.05) is 25.4 Å². The van der Waals surface area contributed by atoms with E-state index in [2.05, 4.69) is 10.6 Å². The molecule has 3 aromatic carbocycles. The first-order valence-corrected chi connectivity index (χ1v) is 12.3. The van der Waals surface area contributed by atoms with Crippen molar-refractivity contribution in [3.8, 4) is 11.5 Å². The third-order valence-corrected chi connectivity index (χ3v) is 6.74. The van der Waals surface area contributed by atoms with Crippen molar-refractivity contribution in [2.45, 2.75) is 31.7 Å². The fourth-order valence-electron chi connectivity index (χ4n) is 4.66. The third kappa shape index (κ3) is 5.45. The molecule has 0 radical (unpaired) electrons. The highest BCUT2D eigenvalue weighted by atomic mass is 35.5. The van der Waals surface area contributed by atoms with Gasteiger partial charge in [-0.3, -0.25) is 4.79 Å². The molecular weight excluding hydrogens is 497 g/mol. The average Bonchev–Trinajstić information content (AvgIpc) is 3.45. The zero-order chi connectivity index (χ0) is 24.2. The molecule has 4 aromatic rings. The maximum absolute atomic E-state index is 12.9. The lowest BCUT2D eigenvalue weighted by molar-refractivity contribution is -0.117. The summed E-state index contributed by atoms with van der Waals surface area (Å²) in [7, 11) is 1.65. The van der Waals surface area contributed by atoms with Gasteiger partial charge in [0.05, 0.1) is 35.5 Å². The number of benzene rings is 3. The Bertz CT molecular complexity index is 1320. The molecule has 1 saturated heterocycles. The molecule has 1 fully saturated rings. The molecule has 5 rings (SSSR count). The Morgan fingerprint density at radius 2 is 1.69 bits per heavy atom. The molecule has 8 heteroatoms. The van der Waals surface area contributed by atoms with E-state index in [1.807, 2.05) is 66.7 Å². The lowest BCUT2D eigenvalue weighted by atomic mass is 10.1. The molecule has 0 spiro atoms. The van der Waals surface area contributed by atoms with Gasteiger partial charge in [0.2, 0.25) is 5.91 Å². The fraction of sp³-hybridized carbons (Fsp3) is 0.286. The number of aromatic nitrogens is 2. The second-order valence-electron chi connectivity index (χ2n) is 8.70. The van der Waals surface area contributed by atoms with Gasteiger partial charge in [-0.25, -0.2) is 4.98 Å². The van der Waals surface area contributed by atoms with Crippen molar-refractivity contribution in [3.63, 3.8) is 0 Å². The Morgan fingerprint density at radius 1 is 0.972 bits per heavy atom. The molecule has 1 aliphatic rings. The first-order chi connectivity index (χ1) is 17.1. The quantitative estimate of drug-likeness (QED) is 0.234. The van der Waals surface area contributed by atoms with E-state index in [0.717, 1.165) is 53.4 Å². The van der Waals surface area contributed by atoms with Gasteiger partial charge in [-0.05, 0) is 61.4 Å². The minimum atomic E-state index is 0. The van der Waals surface area contributed by atoms with Crippen LogP contribution in [0.15, 0.2) is 72.8 Å². The van der Waals surface area contributed by atoms with Crippen molar-refractivity contribution in [2.75, 3.05) is 25.2 Å². The summed E-state index contributed by atoms with van der Waals surface area (Å²) >= 11 is 6.38. The topological polar surface area (TPSA) is 56.6 Å². The Balaban J connectivity index is 0.00000304. The number of hydrogen-bond acceptors (Lipinski definition) is 4. The van der Waals surface area contributed by atoms with Crippen molar-refractivity contribution in [1.82, 2.24) is 9.55 Å². The predicted molar refractivity (Wildman–Crippen MR) is 146 cm³/mol. The highest BCUT2D eigenvalue weighted by molar-refractivity contribution is 6.33. The van der Waals surface area contributed by atoms with E-state index >= 15 is 0 Å². The maximum Gasteiger partial charge on any atom is 0.227 e. The van der Waals surface area contributed by atoms with Crippen molar-refractivity contribution >= 4 is 46.6 Å². The number of unbranched alkanes of at least 4 members (excludes halogenated alkanes) is 1. The van der Waals surface area contributed by atoms with Gasteiger partial charge in [-0.15, -0.1) is 12.4 Å². The van der Waals surface area contributed by atoms with E-state index in [0.29, 0.717) is 24.6 Å². The lowest BCUT2D eigenvalue weighted by Gasteiger charge is -2.18. The van der Waals surface area contributed by atoms with Gasteiger partial charge in [-0.1, -0.05) is 35.9 Å². The molecule has 1 aliphatic heterocycles. The number of carbonyl (C=O) groups excluding carboxylic acids is 1. The van der Waals surface area contributed by atoms with E-state index in [1.165, 1.54) is 0 Å². The number of anilines is 1. The summed E-state index contributed by atoms with van der Waals surface area (Å²) in [5.74, 6) is 2.71. The van der Waals surface area contributed by atoms with Crippen molar-refractivity contribution in [1.29, 1.82) is 0 Å². The summed E-state index contributed by atoms with van der Waals surface area (Å²) in [5.41, 5.74) is 2.82. The number of methoxy groups -OCH3 is 1. The summed E-state index contributed by atoms with van der Waals surface area (Å²) in [6, 6.07) is 23.3. The van der Waals surface area contributed by atoms with Crippen LogP contribution in [0.2, 0.25) is 5.02 Å². The molecule has 1 unspecified atom stereocenters. The fourth-order valence-corrected chi connectivity index (χ4v) is 4.90. The number of ether oxygens (including phenoxy) is 2. The minimum absolute atomic E-state index is 0. The van der Waals surface area contributed by atoms with Crippen LogP contribution in [0.4, 0.5) is 5.69 Å². The van der Waals surface area contributed by atoms with Gasteiger partial charge in [-0.2, -0.15) is 0 Å². The molecule has 188 valence electrons. The van der Waals surface area contributed by atoms with Crippen LogP contribution in [-0.2, 0) is 11.3 Å². The summed E-state index contributed by atoms with van der Waals surface area (Å²) in [5, 5.41) is 0.590. The van der Waals surface area contributed by atoms with Crippen LogP contribution < -0.4 is 14.4 Å². The molecule has 2 heterocycles. The zero-order valence-corrected chi connectivity index (χ0v) is 21.7. The Kier molecular flexibility index (Phi) is 8.39. The van der Waals surface area contributed by atoms with Gasteiger partial charge in [0.1, 0.15) is 17.3 Å². The Morgan fingerprint density at radius 3 is 2.47 bits per heavy atom. The molecule has 0 N–H and O–H groups in total. The molecule has 36 heavy (non-hydrogen) atoms. The summed E-state index contributed by atoms with van der Waals surface area (Å²) < 4.78 is 13.4. The summed E-state index contributed by atoms with van der Waals surface area (Å²) in [6.07, 6.45) is 2.28. The maximum atomic E-state index is 12.9. The van der Waals surface area contributed by atoms with Crippen LogP contribution in [0.25, 0.3) is 11.0 Å². The number of imidazole rings is 1. The third-order valence-electron chi connectivity index (χ3n) is 6.42. The van der Waals surface area contributed by atoms with Gasteiger partial charge >= 0.3 is 0 Å². The monoisotopic (exact) mass is 525 g/mol. The van der Waals surface area contributed by atoms with Crippen LogP contribution >= 0.6 is 24.0 Å². The second kappa shape index (κ2) is 11.7. The number of carbonyl (C=O) groups is 1. The molecule has 0 aliphatic carbocycles. The second-order valence-corrected chi connectivity index (χ2v) is 9.11. The van der Waals surface area contributed by atoms with E-state index in [1.54, 1.807) is 12.0 Å². The average molecular weight is 526 g/mol. The van der Waals surface area contributed by atoms with Gasteiger partial charge in [0.25, 0.3) is 0 Å². The molecular formula is C28H29Cl2N3O3. The number of rotatable bonds is 9. The van der Waals surface area contributed by atoms with Crippen LogP contribution in [0, 0.1) is 0 Å². The molecule has 0 saturated carbocycles. The molecule has 6 nitrogen and oxygen atoms in total. The first-order valence-electron chi connectivity index (χ1n) is 11.9. The standard InChI is InChI=1S/C28H28ClN3O3.ClH/c1-34-21-12-14-22(15-13-21)35-17-7-6-16-31-26-11-5-3-9-24(26)30-28(31)20-18-27(33)32(19-20)25-10-4-2-8-23(25)29;/h2-5,8-15,20H,6-7,16-19H2,1H3;1H. The Labute approximate surface area is 222 Å². The number of halogens is 2. The number of hydrogen-bond donors (Lipinski definition) is 0. The lowest BCUT2D eigenvalue weighted by Crippen LogP contribution is -2.24. The first kappa shape index (κ1) is 25.9. The highest BCUT2D eigenvalue weighted by Crippen LogP contribution is 2.36. The number of amides is 1. The van der Waals surface area contributed by atoms with E-state index in [9.17, 15) is 4.79 Å². The van der Waals surface area contributed by atoms with Crippen molar-refractivity contribution < 1.29 is 14.3 Å². The number of fused-ring (bicyclic) bond motifs is 1. The van der Waals surface area contributed by atoms with Crippen molar-refractivity contribution in [3.05, 3.63) is 83.6 Å². The Hall–Kier alpha value is -3.22. The van der Waals surface area contributed by atoms with Crippen LogP contribution in [0.5, 0.6) is 11.5 Å². The predicted octanol–water partition coefficient (Wildman–Crippen LogP) is 6.50. The smallest absolute Gasteiger partial charge is 0.227 e. The minimum Gasteiger partial charge on any atom is -0.497 e. The largest absolute Gasteiger partial charge is 0.497 e. The number of aryl methyl sites for hydroxylation is 1. The van der Waals surface area contributed by atoms with Gasteiger partial charge in [0.15, 0.2) is 0 Å². The SMILES string of the molecule is COc1ccc(OCCCCn2c(C3CC(=O)N(c4ccccc4Cl)C3)nc3ccccc32)cc1.Cl. The van der Waals surface area contributed by atoms with Crippen molar-refractivity contribution in [2.24, 2.45) is 0 Å². The molecule has 1 aromatic heterocycles.